The molecule has 34 heavy (non-hydrogen) atoms. The van der Waals surface area contributed by atoms with Crippen molar-refractivity contribution in [2.75, 3.05) is 5.32 Å². The number of nitrogens with one attached hydrogen (secondary N) is 3. The first-order valence-corrected chi connectivity index (χ1v) is 10.4. The second-order valence-electron chi connectivity index (χ2n) is 7.61. The largest absolute Gasteiger partial charge is 0.486 e. The number of nitrogen functional groups attached to an aromatic ring is 2. The van der Waals surface area contributed by atoms with Crippen molar-refractivity contribution in [3.05, 3.63) is 94.3 Å². The molecule has 9 heteroatoms. The molecule has 174 valence electrons. The Balaban J connectivity index is 1.83. The van der Waals surface area contributed by atoms with Crippen LogP contribution in [0.3, 0.4) is 0 Å². The molecule has 9 N–H and O–H groups in total. The van der Waals surface area contributed by atoms with Crippen LogP contribution in [0, 0.1) is 17.7 Å². The highest BCUT2D eigenvalue weighted by molar-refractivity contribution is 5.95. The van der Waals surface area contributed by atoms with E-state index >= 15 is 0 Å². The summed E-state index contributed by atoms with van der Waals surface area (Å²) in [5, 5.41) is 18.4. The van der Waals surface area contributed by atoms with E-state index in [1.807, 2.05) is 31.2 Å². The number of ether oxygens (including phenoxy) is 1. The zero-order valence-corrected chi connectivity index (χ0v) is 18.8. The monoisotopic (exact) mass is 457 g/mol. The Kier molecular flexibility index (Phi) is 7.60. The van der Waals surface area contributed by atoms with Gasteiger partial charge in [-0.15, -0.1) is 0 Å². The molecule has 0 radical (unpaired) electrons. The summed E-state index contributed by atoms with van der Waals surface area (Å²) >= 11 is 0. The van der Waals surface area contributed by atoms with Crippen LogP contribution in [0.25, 0.3) is 6.08 Å². The maximum Gasteiger partial charge on any atom is 0.241 e. The summed E-state index contributed by atoms with van der Waals surface area (Å²) in [6.45, 7) is 2.62. The van der Waals surface area contributed by atoms with Gasteiger partial charge in [-0.25, -0.2) is 0 Å². The maximum atomic E-state index is 11.2. The smallest absolute Gasteiger partial charge is 0.241 e. The van der Waals surface area contributed by atoms with E-state index in [1.54, 1.807) is 30.5 Å². The molecule has 1 amide bonds. The van der Waals surface area contributed by atoms with Gasteiger partial charge >= 0.3 is 0 Å². The third-order valence-electron chi connectivity index (χ3n) is 5.12. The van der Waals surface area contributed by atoms with Crippen LogP contribution >= 0.6 is 0 Å². The van der Waals surface area contributed by atoms with Gasteiger partial charge in [0.2, 0.25) is 5.91 Å². The Bertz CT molecular complexity index is 1250. The van der Waals surface area contributed by atoms with Crippen molar-refractivity contribution >= 4 is 29.3 Å². The van der Waals surface area contributed by atoms with Gasteiger partial charge < -0.3 is 27.3 Å². The third kappa shape index (κ3) is 6.19. The molecule has 2 aromatic carbocycles. The number of carbonyl (C=O) groups is 1. The van der Waals surface area contributed by atoms with Gasteiger partial charge in [0.15, 0.2) is 0 Å². The van der Waals surface area contributed by atoms with Crippen LogP contribution in [-0.4, -0.2) is 22.6 Å². The van der Waals surface area contributed by atoms with Crippen molar-refractivity contribution in [2.45, 2.75) is 20.1 Å². The van der Waals surface area contributed by atoms with E-state index < -0.39 is 5.91 Å². The van der Waals surface area contributed by atoms with E-state index in [0.29, 0.717) is 29.1 Å². The van der Waals surface area contributed by atoms with Crippen molar-refractivity contribution in [2.24, 2.45) is 17.2 Å². The summed E-state index contributed by atoms with van der Waals surface area (Å²) in [4.78, 5) is 15.7. The molecule has 0 saturated heterocycles. The Morgan fingerprint density at radius 2 is 1.76 bits per heavy atom. The van der Waals surface area contributed by atoms with Gasteiger partial charge in [-0.1, -0.05) is 18.2 Å². The van der Waals surface area contributed by atoms with E-state index in [0.717, 1.165) is 22.4 Å². The van der Waals surface area contributed by atoms with E-state index in [4.69, 9.17) is 32.8 Å². The molecule has 3 aromatic rings. The van der Waals surface area contributed by atoms with Crippen LogP contribution in [0.5, 0.6) is 5.75 Å². The number of rotatable bonds is 10. The summed E-state index contributed by atoms with van der Waals surface area (Å²) in [5.74, 6) is -0.0627. The van der Waals surface area contributed by atoms with Crippen molar-refractivity contribution in [1.29, 1.82) is 10.8 Å². The Morgan fingerprint density at radius 1 is 1.06 bits per heavy atom. The second-order valence-corrected chi connectivity index (χ2v) is 7.61. The molecule has 9 nitrogen and oxygen atoms in total. The molecule has 0 aliphatic rings. The molecule has 0 spiro atoms. The fourth-order valence-corrected chi connectivity index (χ4v) is 3.23. The summed E-state index contributed by atoms with van der Waals surface area (Å²) < 4.78 is 6.11. The summed E-state index contributed by atoms with van der Waals surface area (Å²) in [6, 6.07) is 14.5. The lowest BCUT2D eigenvalue weighted by Crippen LogP contribution is -2.12. The first-order chi connectivity index (χ1) is 16.2. The number of carbonyl (C=O) groups excluding carboxylic acids is 1. The molecule has 0 atom stereocenters. The zero-order chi connectivity index (χ0) is 24.7. The zero-order valence-electron chi connectivity index (χ0n) is 18.8. The standard InChI is InChI=1S/C25H27N7O2/c1-15-19(12-31-20-7-5-17(6-8-20)24(27)28)13-32-21(9-10-22(26)33)23(15)34-14-16-3-2-4-18(11-16)25(29)30/h2-11,13,31H,12,14H2,1H3,(H2,26,33)(H3,27,28)(H3,29,30). The fourth-order valence-electron chi connectivity index (χ4n) is 3.23. The number of hydrogen-bond acceptors (Lipinski definition) is 6. The topological polar surface area (TPSA) is 177 Å². The number of amidine groups is 2. The first-order valence-electron chi connectivity index (χ1n) is 10.4. The average Bonchev–Trinajstić information content (AvgIpc) is 2.81. The number of aromatic nitrogens is 1. The molecule has 0 aliphatic heterocycles. The minimum Gasteiger partial charge on any atom is -0.486 e. The molecular formula is C25H27N7O2. The van der Waals surface area contributed by atoms with Gasteiger partial charge in [0, 0.05) is 35.6 Å². The Morgan fingerprint density at radius 3 is 2.41 bits per heavy atom. The number of nitrogens with zero attached hydrogens (tertiary/aromatic N) is 1. The van der Waals surface area contributed by atoms with Gasteiger partial charge in [-0.05, 0) is 60.0 Å². The third-order valence-corrected chi connectivity index (χ3v) is 5.12. The minimum atomic E-state index is -0.584. The average molecular weight is 458 g/mol. The van der Waals surface area contributed by atoms with Crippen LogP contribution in [-0.2, 0) is 17.9 Å². The van der Waals surface area contributed by atoms with Gasteiger partial charge in [-0.2, -0.15) is 0 Å². The summed E-state index contributed by atoms with van der Waals surface area (Å²) in [6.07, 6.45) is 4.48. The summed E-state index contributed by atoms with van der Waals surface area (Å²) in [5.41, 5.74) is 21.5. The maximum absolute atomic E-state index is 11.2. The van der Waals surface area contributed by atoms with E-state index in [2.05, 4.69) is 10.3 Å². The van der Waals surface area contributed by atoms with Gasteiger partial charge in [0.1, 0.15) is 29.7 Å². The lowest BCUT2D eigenvalue weighted by atomic mass is 10.1. The van der Waals surface area contributed by atoms with Crippen molar-refractivity contribution < 1.29 is 9.53 Å². The molecule has 3 rings (SSSR count). The van der Waals surface area contributed by atoms with Gasteiger partial charge in [-0.3, -0.25) is 20.6 Å². The fraction of sp³-hybridized carbons (Fsp3) is 0.120. The molecule has 1 heterocycles. The number of hydrogen-bond donors (Lipinski definition) is 6. The van der Waals surface area contributed by atoms with Crippen LogP contribution in [0.2, 0.25) is 0 Å². The predicted molar refractivity (Wildman–Crippen MR) is 134 cm³/mol. The first kappa shape index (κ1) is 24.0. The number of anilines is 1. The van der Waals surface area contributed by atoms with Crippen LogP contribution in [0.4, 0.5) is 5.69 Å². The number of pyridine rings is 1. The molecular weight excluding hydrogens is 430 g/mol. The number of primary amides is 1. The van der Waals surface area contributed by atoms with E-state index in [1.165, 1.54) is 12.2 Å². The minimum absolute atomic E-state index is 0.0156. The molecule has 0 bridgehead atoms. The second kappa shape index (κ2) is 10.8. The van der Waals surface area contributed by atoms with Crippen molar-refractivity contribution in [3.8, 4) is 5.75 Å². The highest BCUT2D eigenvalue weighted by atomic mass is 16.5. The van der Waals surface area contributed by atoms with Crippen LogP contribution in [0.15, 0.2) is 60.8 Å². The van der Waals surface area contributed by atoms with Crippen LogP contribution < -0.4 is 27.3 Å². The van der Waals surface area contributed by atoms with E-state index in [-0.39, 0.29) is 18.3 Å². The highest BCUT2D eigenvalue weighted by Gasteiger charge is 2.13. The number of amides is 1. The van der Waals surface area contributed by atoms with Gasteiger partial charge in [0.25, 0.3) is 0 Å². The Hall–Kier alpha value is -4.66. The molecule has 1 aromatic heterocycles. The number of nitrogens with two attached hydrogens (primary N) is 3. The van der Waals surface area contributed by atoms with Crippen molar-refractivity contribution in [3.63, 3.8) is 0 Å². The van der Waals surface area contributed by atoms with Gasteiger partial charge in [0.05, 0.1) is 0 Å². The Labute approximate surface area is 197 Å². The molecule has 0 fully saturated rings. The quantitative estimate of drug-likeness (QED) is 0.155. The molecule has 0 unspecified atom stereocenters. The predicted octanol–water partition coefficient (Wildman–Crippen LogP) is 2.65. The molecule has 0 aliphatic carbocycles. The summed E-state index contributed by atoms with van der Waals surface area (Å²) in [7, 11) is 0. The highest BCUT2D eigenvalue weighted by Crippen LogP contribution is 2.28. The lowest BCUT2D eigenvalue weighted by molar-refractivity contribution is -0.113. The lowest BCUT2D eigenvalue weighted by Gasteiger charge is -2.16. The van der Waals surface area contributed by atoms with Crippen LogP contribution in [0.1, 0.15) is 33.5 Å². The van der Waals surface area contributed by atoms with E-state index in [9.17, 15) is 4.79 Å². The normalized spacial score (nSPS) is 10.7. The number of benzene rings is 2. The van der Waals surface area contributed by atoms with Crippen molar-refractivity contribution in [1.82, 2.24) is 4.98 Å². The molecule has 0 saturated carbocycles. The SMILES string of the molecule is Cc1c(CNc2ccc(C(=N)N)cc2)cnc(C=CC(N)=O)c1OCc1cccc(C(=N)N)c1.